The Bertz CT molecular complexity index is 193. The second kappa shape index (κ2) is 5.76. The number of phosphoric acid groups is 1. The van der Waals surface area contributed by atoms with E-state index in [-0.39, 0.29) is 6.61 Å². The highest BCUT2D eigenvalue weighted by Crippen LogP contribution is 2.45. The molecule has 0 aliphatic carbocycles. The molecule has 1 N–H and O–H groups in total. The molecule has 8 heteroatoms. The van der Waals surface area contributed by atoms with Crippen LogP contribution in [-0.2, 0) is 13.6 Å². The van der Waals surface area contributed by atoms with Crippen LogP contribution >= 0.6 is 42.6 Å². The van der Waals surface area contributed by atoms with Gasteiger partial charge in [-0.15, -0.1) is 0 Å². The first-order chi connectivity index (χ1) is 5.77. The van der Waals surface area contributed by atoms with Crippen LogP contribution in [0.25, 0.3) is 0 Å². The maximum Gasteiger partial charge on any atom is 0.472 e. The second-order valence-electron chi connectivity index (χ2n) is 2.19. The Kier molecular flexibility index (Phi) is 6.20. The lowest BCUT2D eigenvalue weighted by Gasteiger charge is -2.15. The van der Waals surface area contributed by atoms with E-state index < -0.39 is 18.2 Å². The first kappa shape index (κ1) is 14.0. The Morgan fingerprint density at radius 2 is 1.92 bits per heavy atom. The fraction of sp³-hybridized carbons (Fsp3) is 1.00. The molecule has 1 unspecified atom stereocenters. The Balaban J connectivity index is 3.83. The van der Waals surface area contributed by atoms with Crippen molar-refractivity contribution in [1.29, 1.82) is 0 Å². The quantitative estimate of drug-likeness (QED) is 0.617. The van der Waals surface area contributed by atoms with Gasteiger partial charge in [-0.2, -0.15) is 0 Å². The lowest BCUT2D eigenvalue weighted by molar-refractivity contribution is 0.151. The zero-order valence-electron chi connectivity index (χ0n) is 6.87. The van der Waals surface area contributed by atoms with Gasteiger partial charge >= 0.3 is 7.82 Å². The van der Waals surface area contributed by atoms with E-state index in [1.807, 2.05) is 0 Å². The fourth-order valence-corrected chi connectivity index (χ4v) is 1.64. The van der Waals surface area contributed by atoms with Crippen LogP contribution in [0.5, 0.6) is 0 Å². The average Bonchev–Trinajstić information content (AvgIpc) is 1.97. The highest BCUT2D eigenvalue weighted by Gasteiger charge is 2.28. The molecule has 0 heterocycles. The van der Waals surface area contributed by atoms with Crippen molar-refractivity contribution in [1.82, 2.24) is 0 Å². The average molecular weight is 271 g/mol. The predicted octanol–water partition coefficient (Wildman–Crippen LogP) is 2.90. The van der Waals surface area contributed by atoms with Crippen LogP contribution in [0.4, 0.5) is 0 Å². The van der Waals surface area contributed by atoms with E-state index in [0.29, 0.717) is 6.42 Å². The van der Waals surface area contributed by atoms with Crippen molar-refractivity contribution in [2.75, 3.05) is 13.2 Å². The third-order valence-corrected chi connectivity index (χ3v) is 2.14. The Labute approximate surface area is 91.7 Å². The van der Waals surface area contributed by atoms with E-state index in [1.54, 1.807) is 6.92 Å². The van der Waals surface area contributed by atoms with E-state index in [4.69, 9.17) is 39.7 Å². The van der Waals surface area contributed by atoms with Crippen LogP contribution < -0.4 is 0 Å². The molecule has 0 saturated carbocycles. The molecule has 0 spiro atoms. The summed E-state index contributed by atoms with van der Waals surface area (Å²) in [5.74, 6) is 0. The smallest absolute Gasteiger partial charge is 0.302 e. The molecule has 0 saturated heterocycles. The van der Waals surface area contributed by atoms with Gasteiger partial charge in [0.25, 0.3) is 0 Å². The van der Waals surface area contributed by atoms with Crippen LogP contribution in [0.3, 0.4) is 0 Å². The minimum Gasteiger partial charge on any atom is -0.302 e. The van der Waals surface area contributed by atoms with Crippen molar-refractivity contribution in [3.05, 3.63) is 0 Å². The molecule has 0 aromatic carbocycles. The van der Waals surface area contributed by atoms with Gasteiger partial charge in [-0.1, -0.05) is 41.7 Å². The Hall–Kier alpha value is 0.980. The fourth-order valence-electron chi connectivity index (χ4n) is 0.399. The molecule has 0 radical (unpaired) electrons. The number of alkyl halides is 3. The summed E-state index contributed by atoms with van der Waals surface area (Å²) >= 11 is 15.9. The summed E-state index contributed by atoms with van der Waals surface area (Å²) in [5.41, 5.74) is 0. The maximum atomic E-state index is 11.0. The van der Waals surface area contributed by atoms with Gasteiger partial charge < -0.3 is 4.89 Å². The van der Waals surface area contributed by atoms with Crippen molar-refractivity contribution >= 4 is 42.6 Å². The third-order valence-electron chi connectivity index (χ3n) is 0.850. The second-order valence-corrected chi connectivity index (χ2v) is 6.16. The molecule has 0 bridgehead atoms. The van der Waals surface area contributed by atoms with Crippen LogP contribution in [0.1, 0.15) is 13.3 Å². The number of hydrogen-bond donors (Lipinski definition) is 1. The zero-order valence-corrected chi connectivity index (χ0v) is 10.0. The van der Waals surface area contributed by atoms with Crippen LogP contribution in [0, 0.1) is 0 Å². The summed E-state index contributed by atoms with van der Waals surface area (Å²) in [6.45, 7) is 1.41. The van der Waals surface area contributed by atoms with Crippen LogP contribution in [0.2, 0.25) is 0 Å². The highest BCUT2D eigenvalue weighted by molar-refractivity contribution is 7.47. The molecule has 4 nitrogen and oxygen atoms in total. The van der Waals surface area contributed by atoms with Crippen molar-refractivity contribution in [2.24, 2.45) is 0 Å². The number of rotatable bonds is 5. The summed E-state index contributed by atoms with van der Waals surface area (Å²) in [5, 5.41) is 0. The van der Waals surface area contributed by atoms with Crippen molar-refractivity contribution in [3.8, 4) is 0 Å². The molecule has 1 atom stereocenters. The monoisotopic (exact) mass is 270 g/mol. The molecule has 0 aliphatic rings. The molecule has 13 heavy (non-hydrogen) atoms. The summed E-state index contributed by atoms with van der Waals surface area (Å²) in [6.07, 6.45) is 0.599. The third kappa shape index (κ3) is 9.29. The molecule has 0 aromatic rings. The lowest BCUT2D eigenvalue weighted by atomic mass is 10.5. The molecule has 0 rings (SSSR count). The maximum absolute atomic E-state index is 11.0. The first-order valence-electron chi connectivity index (χ1n) is 3.45. The Morgan fingerprint density at radius 1 is 1.38 bits per heavy atom. The van der Waals surface area contributed by atoms with Gasteiger partial charge in [-0.3, -0.25) is 9.05 Å². The number of hydrogen-bond acceptors (Lipinski definition) is 3. The van der Waals surface area contributed by atoms with Gasteiger partial charge in [0, 0.05) is 0 Å². The van der Waals surface area contributed by atoms with Crippen LogP contribution in [0.15, 0.2) is 0 Å². The molecule has 0 amide bonds. The summed E-state index contributed by atoms with van der Waals surface area (Å²) < 4.78 is 18.1. The van der Waals surface area contributed by atoms with Crippen LogP contribution in [-0.4, -0.2) is 21.9 Å². The molecule has 0 aliphatic heterocycles. The first-order valence-corrected chi connectivity index (χ1v) is 6.08. The lowest BCUT2D eigenvalue weighted by Crippen LogP contribution is -2.12. The SMILES string of the molecule is CCCOP(=O)(O)OCC(Cl)(Cl)Cl. The van der Waals surface area contributed by atoms with Gasteiger partial charge in [0.1, 0.15) is 6.61 Å². The van der Waals surface area contributed by atoms with Gasteiger partial charge in [0.15, 0.2) is 0 Å². The minimum absolute atomic E-state index is 0.119. The standard InChI is InChI=1S/C5H10Cl3O4P/c1-2-3-11-13(9,10)12-4-5(6,7)8/h2-4H2,1H3,(H,9,10). The van der Waals surface area contributed by atoms with E-state index >= 15 is 0 Å². The summed E-state index contributed by atoms with van der Waals surface area (Å²) in [6, 6.07) is 0. The van der Waals surface area contributed by atoms with E-state index in [9.17, 15) is 4.57 Å². The topological polar surface area (TPSA) is 55.8 Å². The molecule has 0 aromatic heterocycles. The largest absolute Gasteiger partial charge is 0.472 e. The van der Waals surface area contributed by atoms with Crippen molar-refractivity contribution in [2.45, 2.75) is 17.1 Å². The summed E-state index contributed by atoms with van der Waals surface area (Å²) in [4.78, 5) is 8.94. The zero-order chi connectivity index (χ0) is 10.5. The van der Waals surface area contributed by atoms with Gasteiger partial charge in [0.2, 0.25) is 3.79 Å². The summed E-state index contributed by atoms with van der Waals surface area (Å²) in [7, 11) is -4.06. The van der Waals surface area contributed by atoms with Gasteiger partial charge in [-0.25, -0.2) is 4.57 Å². The molecule has 0 fully saturated rings. The minimum atomic E-state index is -4.06. The van der Waals surface area contributed by atoms with Crippen molar-refractivity contribution < 1.29 is 18.5 Å². The normalized spacial score (nSPS) is 17.0. The Morgan fingerprint density at radius 3 is 2.31 bits per heavy atom. The van der Waals surface area contributed by atoms with Gasteiger partial charge in [-0.05, 0) is 6.42 Å². The predicted molar refractivity (Wildman–Crippen MR) is 52.3 cm³/mol. The van der Waals surface area contributed by atoms with E-state index in [1.165, 1.54) is 0 Å². The molecule has 80 valence electrons. The van der Waals surface area contributed by atoms with Gasteiger partial charge in [0.05, 0.1) is 6.61 Å². The number of halogens is 3. The van der Waals surface area contributed by atoms with E-state index in [2.05, 4.69) is 9.05 Å². The molecular formula is C5H10Cl3O4P. The highest BCUT2D eigenvalue weighted by atomic mass is 35.6. The molecular weight excluding hydrogens is 261 g/mol. The van der Waals surface area contributed by atoms with Crippen molar-refractivity contribution in [3.63, 3.8) is 0 Å². The van der Waals surface area contributed by atoms with E-state index in [0.717, 1.165) is 0 Å². The number of phosphoric ester groups is 1.